The fraction of sp³-hybridized carbons (Fsp3) is 0.308. The van der Waals surface area contributed by atoms with E-state index in [0.717, 1.165) is 11.4 Å². The molecule has 0 aromatic carbocycles. The Morgan fingerprint density at radius 3 is 2.68 bits per heavy atom. The zero-order valence-electron chi connectivity index (χ0n) is 11.1. The molecule has 0 bridgehead atoms. The van der Waals surface area contributed by atoms with Gasteiger partial charge in [0.25, 0.3) is 0 Å². The molecule has 5 nitrogen and oxygen atoms in total. The molecule has 2 aromatic heterocycles. The molecule has 2 rings (SSSR count). The molecule has 0 radical (unpaired) electrons. The van der Waals surface area contributed by atoms with Gasteiger partial charge in [0.2, 0.25) is 0 Å². The second kappa shape index (κ2) is 5.36. The molecule has 0 aliphatic rings. The molecule has 100 valence electrons. The molecule has 0 saturated heterocycles. The first-order valence-corrected chi connectivity index (χ1v) is 6.78. The Kier molecular flexibility index (Phi) is 3.80. The fourth-order valence-electron chi connectivity index (χ4n) is 1.43. The molecule has 2 amide bonds. The summed E-state index contributed by atoms with van der Waals surface area (Å²) >= 11 is 1.38. The van der Waals surface area contributed by atoms with E-state index in [9.17, 15) is 4.79 Å². The molecule has 0 atom stereocenters. The fourth-order valence-corrected chi connectivity index (χ4v) is 2.13. The van der Waals surface area contributed by atoms with Gasteiger partial charge in [-0.15, -0.1) is 11.3 Å². The summed E-state index contributed by atoms with van der Waals surface area (Å²) in [5, 5.41) is 7.96. The number of carbonyl (C=O) groups excluding carboxylic acids is 1. The first-order chi connectivity index (χ1) is 8.94. The highest BCUT2D eigenvalue weighted by Crippen LogP contribution is 2.22. The number of hydrogen-bond acceptors (Lipinski definition) is 4. The Bertz CT molecular complexity index is 560. The predicted octanol–water partition coefficient (Wildman–Crippen LogP) is 3.13. The summed E-state index contributed by atoms with van der Waals surface area (Å²) in [7, 11) is 0. The van der Waals surface area contributed by atoms with Gasteiger partial charge in [-0.05, 0) is 32.9 Å². The normalized spacial score (nSPS) is 11.1. The average molecular weight is 276 g/mol. The van der Waals surface area contributed by atoms with E-state index in [0.29, 0.717) is 5.13 Å². The zero-order valence-corrected chi connectivity index (χ0v) is 11.9. The highest BCUT2D eigenvalue weighted by atomic mass is 32.1. The molecule has 0 spiro atoms. The highest BCUT2D eigenvalue weighted by Gasteiger charge is 2.15. The molecule has 19 heavy (non-hydrogen) atoms. The van der Waals surface area contributed by atoms with E-state index in [1.165, 1.54) is 11.3 Å². The quantitative estimate of drug-likeness (QED) is 0.885. The maximum absolute atomic E-state index is 11.7. The van der Waals surface area contributed by atoms with Crippen LogP contribution in [0.15, 0.2) is 29.8 Å². The molecule has 2 heterocycles. The Morgan fingerprint density at radius 1 is 1.26 bits per heavy atom. The van der Waals surface area contributed by atoms with Crippen LogP contribution in [0.25, 0.3) is 11.4 Å². The van der Waals surface area contributed by atoms with Crippen LogP contribution in [-0.4, -0.2) is 21.5 Å². The van der Waals surface area contributed by atoms with E-state index in [-0.39, 0.29) is 11.6 Å². The van der Waals surface area contributed by atoms with E-state index in [2.05, 4.69) is 20.6 Å². The van der Waals surface area contributed by atoms with Crippen LogP contribution in [-0.2, 0) is 0 Å². The molecule has 0 fully saturated rings. The summed E-state index contributed by atoms with van der Waals surface area (Å²) < 4.78 is 0. The van der Waals surface area contributed by atoms with Crippen molar-refractivity contribution in [3.05, 3.63) is 29.8 Å². The van der Waals surface area contributed by atoms with E-state index < -0.39 is 0 Å². The average Bonchev–Trinajstić information content (AvgIpc) is 2.76. The number of nitrogens with one attached hydrogen (secondary N) is 2. The Balaban J connectivity index is 2.04. The number of hydrogen-bond donors (Lipinski definition) is 2. The molecule has 2 N–H and O–H groups in total. The number of urea groups is 1. The van der Waals surface area contributed by atoms with Gasteiger partial charge >= 0.3 is 6.03 Å². The second-order valence-corrected chi connectivity index (χ2v) is 5.94. The van der Waals surface area contributed by atoms with Crippen molar-refractivity contribution in [3.8, 4) is 11.4 Å². The largest absolute Gasteiger partial charge is 0.333 e. The van der Waals surface area contributed by atoms with Gasteiger partial charge in [0.1, 0.15) is 5.69 Å². The SMILES string of the molecule is CC(C)(C)NC(=O)Nc1nc(-c2ccccn2)cs1. The topological polar surface area (TPSA) is 66.9 Å². The Morgan fingerprint density at radius 2 is 2.05 bits per heavy atom. The van der Waals surface area contributed by atoms with Crippen molar-refractivity contribution in [1.82, 2.24) is 15.3 Å². The number of pyridine rings is 1. The van der Waals surface area contributed by atoms with Crippen LogP contribution in [0.1, 0.15) is 20.8 Å². The van der Waals surface area contributed by atoms with Crippen LogP contribution in [0.4, 0.5) is 9.93 Å². The molecular weight excluding hydrogens is 260 g/mol. The van der Waals surface area contributed by atoms with Crippen LogP contribution < -0.4 is 10.6 Å². The third-order valence-electron chi connectivity index (χ3n) is 2.14. The van der Waals surface area contributed by atoms with Crippen LogP contribution >= 0.6 is 11.3 Å². The van der Waals surface area contributed by atoms with Gasteiger partial charge in [-0.25, -0.2) is 9.78 Å². The van der Waals surface area contributed by atoms with Gasteiger partial charge in [-0.2, -0.15) is 0 Å². The summed E-state index contributed by atoms with van der Waals surface area (Å²) in [6.45, 7) is 5.77. The molecule has 0 saturated carbocycles. The number of amides is 2. The summed E-state index contributed by atoms with van der Waals surface area (Å²) in [5.41, 5.74) is 1.28. The molecule has 0 aliphatic carbocycles. The summed E-state index contributed by atoms with van der Waals surface area (Å²) in [4.78, 5) is 20.3. The third-order valence-corrected chi connectivity index (χ3v) is 2.90. The Hall–Kier alpha value is -1.95. The molecular formula is C13H16N4OS. The van der Waals surface area contributed by atoms with E-state index >= 15 is 0 Å². The van der Waals surface area contributed by atoms with Crippen LogP contribution in [0.2, 0.25) is 0 Å². The smallest absolute Gasteiger partial charge is 0.321 e. The van der Waals surface area contributed by atoms with Crippen LogP contribution in [0.3, 0.4) is 0 Å². The minimum atomic E-state index is -0.273. The lowest BCUT2D eigenvalue weighted by atomic mass is 10.1. The maximum Gasteiger partial charge on any atom is 0.321 e. The lowest BCUT2D eigenvalue weighted by Crippen LogP contribution is -2.43. The third kappa shape index (κ3) is 4.03. The number of rotatable bonds is 2. The number of thiazole rings is 1. The first kappa shape index (κ1) is 13.5. The van der Waals surface area contributed by atoms with E-state index in [4.69, 9.17) is 0 Å². The van der Waals surface area contributed by atoms with Gasteiger partial charge in [-0.1, -0.05) is 6.07 Å². The number of anilines is 1. The van der Waals surface area contributed by atoms with E-state index in [1.54, 1.807) is 6.20 Å². The number of aromatic nitrogens is 2. The maximum atomic E-state index is 11.7. The Labute approximate surface area is 116 Å². The predicted molar refractivity (Wildman–Crippen MR) is 77.3 cm³/mol. The second-order valence-electron chi connectivity index (χ2n) is 5.08. The monoisotopic (exact) mass is 276 g/mol. The minimum absolute atomic E-state index is 0.255. The minimum Gasteiger partial charge on any atom is -0.333 e. The van der Waals surface area contributed by atoms with Crippen molar-refractivity contribution in [2.45, 2.75) is 26.3 Å². The summed E-state index contributed by atoms with van der Waals surface area (Å²) in [6, 6.07) is 5.38. The van der Waals surface area contributed by atoms with E-state index in [1.807, 2.05) is 44.4 Å². The van der Waals surface area contributed by atoms with Gasteiger partial charge in [0.15, 0.2) is 5.13 Å². The van der Waals surface area contributed by atoms with Crippen molar-refractivity contribution in [1.29, 1.82) is 0 Å². The van der Waals surface area contributed by atoms with Crippen molar-refractivity contribution < 1.29 is 4.79 Å². The molecule has 2 aromatic rings. The summed E-state index contributed by atoms with van der Waals surface area (Å²) in [5.74, 6) is 0. The molecule has 6 heteroatoms. The van der Waals surface area contributed by atoms with Crippen LogP contribution in [0, 0.1) is 0 Å². The van der Waals surface area contributed by atoms with Gasteiger partial charge in [-0.3, -0.25) is 10.3 Å². The standard InChI is InChI=1S/C13H16N4OS/c1-13(2,3)17-11(18)16-12-15-10(8-19-12)9-6-4-5-7-14-9/h4-8H,1-3H3,(H2,15,16,17,18). The van der Waals surface area contributed by atoms with Crippen molar-refractivity contribution in [3.63, 3.8) is 0 Å². The molecule has 0 aliphatic heterocycles. The van der Waals surface area contributed by atoms with Crippen molar-refractivity contribution >= 4 is 22.5 Å². The van der Waals surface area contributed by atoms with Crippen molar-refractivity contribution in [2.75, 3.05) is 5.32 Å². The highest BCUT2D eigenvalue weighted by molar-refractivity contribution is 7.14. The lowest BCUT2D eigenvalue weighted by Gasteiger charge is -2.20. The van der Waals surface area contributed by atoms with Gasteiger partial charge < -0.3 is 5.32 Å². The first-order valence-electron chi connectivity index (χ1n) is 5.90. The van der Waals surface area contributed by atoms with Gasteiger partial charge in [0, 0.05) is 17.1 Å². The van der Waals surface area contributed by atoms with Crippen LogP contribution in [0.5, 0.6) is 0 Å². The number of carbonyl (C=O) groups is 1. The number of nitrogens with zero attached hydrogens (tertiary/aromatic N) is 2. The lowest BCUT2D eigenvalue weighted by molar-refractivity contribution is 0.244. The zero-order chi connectivity index (χ0) is 13.9. The summed E-state index contributed by atoms with van der Waals surface area (Å²) in [6.07, 6.45) is 1.72. The molecule has 0 unspecified atom stereocenters. The van der Waals surface area contributed by atoms with Crippen molar-refractivity contribution in [2.24, 2.45) is 0 Å². The van der Waals surface area contributed by atoms with Gasteiger partial charge in [0.05, 0.1) is 5.69 Å².